The van der Waals surface area contributed by atoms with Crippen molar-refractivity contribution < 1.29 is 4.74 Å². The molecule has 2 aromatic rings. The molecule has 128 valence electrons. The van der Waals surface area contributed by atoms with Gasteiger partial charge in [0.1, 0.15) is 0 Å². The molecule has 0 N–H and O–H groups in total. The molecule has 3 rings (SSSR count). The smallest absolute Gasteiger partial charge is 0.228 e. The molecule has 2 aromatic heterocycles. The number of nitrogens with zero attached hydrogens (tertiary/aromatic N) is 6. The maximum atomic E-state index is 5.16. The molecule has 7 heteroatoms. The quantitative estimate of drug-likeness (QED) is 0.849. The Morgan fingerprint density at radius 2 is 1.92 bits per heavy atom. The highest BCUT2D eigenvalue weighted by Crippen LogP contribution is 2.25. The lowest BCUT2D eigenvalue weighted by molar-refractivity contribution is 0.395. The third-order valence-electron chi connectivity index (χ3n) is 4.29. The van der Waals surface area contributed by atoms with Crippen molar-refractivity contribution in [2.24, 2.45) is 0 Å². The molecule has 3 heterocycles. The summed E-state index contributed by atoms with van der Waals surface area (Å²) in [4.78, 5) is 13.0. The number of hydrogen-bond donors (Lipinski definition) is 0. The van der Waals surface area contributed by atoms with Crippen LogP contribution in [0.5, 0.6) is 5.88 Å². The number of aromatic nitrogens is 4. The van der Waals surface area contributed by atoms with Crippen molar-refractivity contribution in [1.82, 2.24) is 20.2 Å². The lowest BCUT2D eigenvalue weighted by atomic mass is 9.92. The summed E-state index contributed by atoms with van der Waals surface area (Å²) in [6.07, 6.45) is 1.71. The fraction of sp³-hybridized carbons (Fsp3) is 0.529. The second kappa shape index (κ2) is 6.22. The first-order valence-corrected chi connectivity index (χ1v) is 8.07. The van der Waals surface area contributed by atoms with Gasteiger partial charge >= 0.3 is 0 Å². The molecule has 0 bridgehead atoms. The molecule has 1 aliphatic heterocycles. The highest BCUT2D eigenvalue weighted by Gasteiger charge is 2.32. The Balaban J connectivity index is 1.62. The van der Waals surface area contributed by atoms with Gasteiger partial charge in [-0.2, -0.15) is 10.1 Å². The monoisotopic (exact) mass is 328 g/mol. The van der Waals surface area contributed by atoms with Crippen LogP contribution in [0.15, 0.2) is 24.4 Å². The van der Waals surface area contributed by atoms with Crippen LogP contribution in [-0.2, 0) is 5.41 Å². The van der Waals surface area contributed by atoms with E-state index in [1.165, 1.54) is 0 Å². The molecule has 0 radical (unpaired) electrons. The van der Waals surface area contributed by atoms with E-state index in [0.717, 1.165) is 24.6 Å². The zero-order valence-electron chi connectivity index (χ0n) is 14.9. The first-order chi connectivity index (χ1) is 11.4. The van der Waals surface area contributed by atoms with Gasteiger partial charge in [-0.3, -0.25) is 0 Å². The fourth-order valence-electron chi connectivity index (χ4n) is 2.56. The van der Waals surface area contributed by atoms with Crippen LogP contribution in [0.4, 0.5) is 11.8 Å². The SMILES string of the molecule is COc1ccnc(N(C)C2CN(c3ccc(C(C)(C)C)nn3)C2)n1. The molecule has 0 spiro atoms. The summed E-state index contributed by atoms with van der Waals surface area (Å²) in [6.45, 7) is 8.17. The van der Waals surface area contributed by atoms with E-state index >= 15 is 0 Å². The van der Waals surface area contributed by atoms with E-state index in [9.17, 15) is 0 Å². The van der Waals surface area contributed by atoms with E-state index in [2.05, 4.69) is 56.8 Å². The summed E-state index contributed by atoms with van der Waals surface area (Å²) in [7, 11) is 3.61. The molecule has 7 nitrogen and oxygen atoms in total. The Hall–Kier alpha value is -2.44. The summed E-state index contributed by atoms with van der Waals surface area (Å²) in [5, 5.41) is 8.72. The average molecular weight is 328 g/mol. The van der Waals surface area contributed by atoms with Crippen LogP contribution >= 0.6 is 0 Å². The Kier molecular flexibility index (Phi) is 4.26. The minimum Gasteiger partial charge on any atom is -0.481 e. The first kappa shape index (κ1) is 16.4. The summed E-state index contributed by atoms with van der Waals surface area (Å²) in [5.41, 5.74) is 1.03. The van der Waals surface area contributed by atoms with Crippen molar-refractivity contribution in [3.63, 3.8) is 0 Å². The van der Waals surface area contributed by atoms with E-state index < -0.39 is 0 Å². The third-order valence-corrected chi connectivity index (χ3v) is 4.29. The van der Waals surface area contributed by atoms with E-state index in [4.69, 9.17) is 4.74 Å². The second-order valence-corrected chi connectivity index (χ2v) is 7.10. The molecular weight excluding hydrogens is 304 g/mol. The molecule has 1 fully saturated rings. The number of hydrogen-bond acceptors (Lipinski definition) is 7. The van der Waals surface area contributed by atoms with Gasteiger partial charge in [-0.15, -0.1) is 5.10 Å². The van der Waals surface area contributed by atoms with Crippen LogP contribution in [0, 0.1) is 0 Å². The molecular formula is C17H24N6O. The molecule has 0 amide bonds. The Labute approximate surface area is 142 Å². The van der Waals surface area contributed by atoms with Gasteiger partial charge in [-0.1, -0.05) is 20.8 Å². The molecule has 0 aromatic carbocycles. The van der Waals surface area contributed by atoms with E-state index in [0.29, 0.717) is 17.9 Å². The first-order valence-electron chi connectivity index (χ1n) is 8.07. The van der Waals surface area contributed by atoms with Crippen molar-refractivity contribution in [2.45, 2.75) is 32.2 Å². The minimum atomic E-state index is 0.0208. The van der Waals surface area contributed by atoms with E-state index in [1.54, 1.807) is 19.4 Å². The molecule has 0 atom stereocenters. The second-order valence-electron chi connectivity index (χ2n) is 7.10. The number of methoxy groups -OCH3 is 1. The van der Waals surface area contributed by atoms with Crippen molar-refractivity contribution in [3.8, 4) is 5.88 Å². The van der Waals surface area contributed by atoms with Crippen molar-refractivity contribution in [3.05, 3.63) is 30.1 Å². The predicted octanol–water partition coefficient (Wildman–Crippen LogP) is 1.90. The largest absolute Gasteiger partial charge is 0.481 e. The van der Waals surface area contributed by atoms with Crippen LogP contribution in [0.1, 0.15) is 26.5 Å². The standard InChI is InChI=1S/C17H24N6O/c1-17(2,3)13-6-7-14(21-20-13)23-10-12(11-23)22(4)16-18-9-8-15(19-16)24-5/h6-9,12H,10-11H2,1-5H3. The topological polar surface area (TPSA) is 67.3 Å². The van der Waals surface area contributed by atoms with E-state index in [1.807, 2.05) is 13.1 Å². The molecule has 1 aliphatic rings. The lowest BCUT2D eigenvalue weighted by Crippen LogP contribution is -2.59. The van der Waals surface area contributed by atoms with Gasteiger partial charge < -0.3 is 14.5 Å². The predicted molar refractivity (Wildman–Crippen MR) is 93.7 cm³/mol. The zero-order chi connectivity index (χ0) is 17.3. The molecule has 1 saturated heterocycles. The Morgan fingerprint density at radius 3 is 2.50 bits per heavy atom. The van der Waals surface area contributed by atoms with Crippen molar-refractivity contribution in [2.75, 3.05) is 37.0 Å². The number of rotatable bonds is 4. The molecule has 0 aliphatic carbocycles. The molecule has 24 heavy (non-hydrogen) atoms. The highest BCUT2D eigenvalue weighted by atomic mass is 16.5. The summed E-state index contributed by atoms with van der Waals surface area (Å²) in [5.74, 6) is 2.17. The fourth-order valence-corrected chi connectivity index (χ4v) is 2.56. The maximum absolute atomic E-state index is 5.16. The van der Waals surface area contributed by atoms with Crippen LogP contribution in [0.3, 0.4) is 0 Å². The van der Waals surface area contributed by atoms with Crippen LogP contribution in [0.25, 0.3) is 0 Å². The Bertz CT molecular complexity index is 691. The van der Waals surface area contributed by atoms with Gasteiger partial charge in [0.25, 0.3) is 0 Å². The number of anilines is 2. The minimum absolute atomic E-state index is 0.0208. The third kappa shape index (κ3) is 3.25. The normalized spacial score (nSPS) is 15.1. The van der Waals surface area contributed by atoms with Crippen LogP contribution < -0.4 is 14.5 Å². The molecule has 0 unspecified atom stereocenters. The summed E-state index contributed by atoms with van der Waals surface area (Å²) < 4.78 is 5.16. The Morgan fingerprint density at radius 1 is 1.17 bits per heavy atom. The summed E-state index contributed by atoms with van der Waals surface area (Å²) in [6, 6.07) is 6.20. The molecule has 0 saturated carbocycles. The highest BCUT2D eigenvalue weighted by molar-refractivity contribution is 5.46. The lowest BCUT2D eigenvalue weighted by Gasteiger charge is -2.44. The van der Waals surface area contributed by atoms with Gasteiger partial charge in [0.05, 0.1) is 18.8 Å². The number of ether oxygens (including phenoxy) is 1. The summed E-state index contributed by atoms with van der Waals surface area (Å²) >= 11 is 0. The van der Waals surface area contributed by atoms with E-state index in [-0.39, 0.29) is 5.41 Å². The van der Waals surface area contributed by atoms with Gasteiger partial charge in [0, 0.05) is 37.8 Å². The van der Waals surface area contributed by atoms with Gasteiger partial charge in [-0.25, -0.2) is 4.98 Å². The zero-order valence-corrected chi connectivity index (χ0v) is 14.9. The van der Waals surface area contributed by atoms with Gasteiger partial charge in [0.15, 0.2) is 5.82 Å². The number of likely N-dealkylation sites (N-methyl/N-ethyl adjacent to an activating group) is 1. The van der Waals surface area contributed by atoms with Gasteiger partial charge in [0.2, 0.25) is 11.8 Å². The van der Waals surface area contributed by atoms with Gasteiger partial charge in [-0.05, 0) is 12.1 Å². The van der Waals surface area contributed by atoms with Crippen LogP contribution in [-0.4, -0.2) is 53.5 Å². The van der Waals surface area contributed by atoms with Crippen molar-refractivity contribution in [1.29, 1.82) is 0 Å². The van der Waals surface area contributed by atoms with Crippen LogP contribution in [0.2, 0.25) is 0 Å². The van der Waals surface area contributed by atoms with Crippen molar-refractivity contribution >= 4 is 11.8 Å². The average Bonchev–Trinajstić information content (AvgIpc) is 2.53. The maximum Gasteiger partial charge on any atom is 0.228 e.